The van der Waals surface area contributed by atoms with E-state index >= 15 is 0 Å². The molecule has 0 saturated heterocycles. The topological polar surface area (TPSA) is 55.9 Å². The smallest absolute Gasteiger partial charge is 0.0652 e. The van der Waals surface area contributed by atoms with Crippen molar-refractivity contribution in [3.8, 4) is 0 Å². The molecule has 4 heteroatoms. The number of nitrogens with one attached hydrogen (secondary N) is 1. The van der Waals surface area contributed by atoms with Crippen LogP contribution in [-0.2, 0) is 6.54 Å². The van der Waals surface area contributed by atoms with Crippen molar-refractivity contribution in [2.45, 2.75) is 40.3 Å². The Kier molecular flexibility index (Phi) is 3.66. The number of rotatable bonds is 4. The number of hydrogen-bond acceptors (Lipinski definition) is 3. The summed E-state index contributed by atoms with van der Waals surface area (Å²) < 4.78 is 2.00. The van der Waals surface area contributed by atoms with Gasteiger partial charge in [0.05, 0.1) is 17.4 Å². The second kappa shape index (κ2) is 4.57. The minimum Gasteiger partial charge on any atom is -0.271 e. The molecule has 0 bridgehead atoms. The first-order valence-corrected chi connectivity index (χ1v) is 5.10. The zero-order chi connectivity index (χ0) is 10.7. The molecule has 0 saturated carbocycles. The number of hydrogen-bond donors (Lipinski definition) is 2. The Morgan fingerprint density at radius 2 is 2.21 bits per heavy atom. The van der Waals surface area contributed by atoms with Crippen LogP contribution in [0, 0.1) is 12.8 Å². The van der Waals surface area contributed by atoms with E-state index in [4.69, 9.17) is 5.84 Å². The lowest BCUT2D eigenvalue weighted by molar-refractivity contribution is 0.391. The summed E-state index contributed by atoms with van der Waals surface area (Å²) in [4.78, 5) is 0. The van der Waals surface area contributed by atoms with Crippen LogP contribution in [0.5, 0.6) is 0 Å². The van der Waals surface area contributed by atoms with E-state index in [9.17, 15) is 0 Å². The summed E-state index contributed by atoms with van der Waals surface area (Å²) in [5, 5.41) is 4.40. The molecular weight excluding hydrogens is 176 g/mol. The highest BCUT2D eigenvalue weighted by molar-refractivity contribution is 5.13. The minimum atomic E-state index is 0.177. The summed E-state index contributed by atoms with van der Waals surface area (Å²) in [7, 11) is 0. The van der Waals surface area contributed by atoms with Crippen LogP contribution < -0.4 is 11.3 Å². The van der Waals surface area contributed by atoms with Gasteiger partial charge in [-0.15, -0.1) is 0 Å². The average molecular weight is 196 g/mol. The van der Waals surface area contributed by atoms with Gasteiger partial charge in [0, 0.05) is 6.54 Å². The van der Waals surface area contributed by atoms with Crippen LogP contribution in [0.15, 0.2) is 6.07 Å². The SMILES string of the molecule is CCn1nc(C)cc1C(NN)C(C)C. The first-order chi connectivity index (χ1) is 6.60. The standard InChI is InChI=1S/C10H20N4/c1-5-14-9(6-8(4)13-14)10(12-11)7(2)3/h6-7,10,12H,5,11H2,1-4H3. The number of nitrogens with zero attached hydrogens (tertiary/aromatic N) is 2. The lowest BCUT2D eigenvalue weighted by Gasteiger charge is -2.20. The molecule has 0 aliphatic carbocycles. The maximum atomic E-state index is 5.55. The molecule has 1 heterocycles. The molecule has 0 aromatic carbocycles. The summed E-state index contributed by atoms with van der Waals surface area (Å²) in [5.41, 5.74) is 5.06. The minimum absolute atomic E-state index is 0.177. The normalized spacial score (nSPS) is 13.6. The monoisotopic (exact) mass is 196 g/mol. The summed E-state index contributed by atoms with van der Waals surface area (Å²) in [6.07, 6.45) is 0. The zero-order valence-corrected chi connectivity index (χ0v) is 9.41. The van der Waals surface area contributed by atoms with E-state index in [1.54, 1.807) is 0 Å². The van der Waals surface area contributed by atoms with Crippen LogP contribution in [0.25, 0.3) is 0 Å². The summed E-state index contributed by atoms with van der Waals surface area (Å²) >= 11 is 0. The van der Waals surface area contributed by atoms with Crippen molar-refractivity contribution in [3.63, 3.8) is 0 Å². The predicted octanol–water partition coefficient (Wildman–Crippen LogP) is 1.37. The Balaban J connectivity index is 3.02. The fourth-order valence-electron chi connectivity index (χ4n) is 1.69. The molecule has 0 aliphatic heterocycles. The van der Waals surface area contributed by atoms with E-state index in [-0.39, 0.29) is 6.04 Å². The van der Waals surface area contributed by atoms with Gasteiger partial charge in [0.15, 0.2) is 0 Å². The van der Waals surface area contributed by atoms with E-state index in [2.05, 4.69) is 37.4 Å². The van der Waals surface area contributed by atoms with Crippen molar-refractivity contribution in [1.29, 1.82) is 0 Å². The van der Waals surface area contributed by atoms with E-state index in [0.717, 1.165) is 12.2 Å². The highest BCUT2D eigenvalue weighted by atomic mass is 15.3. The highest BCUT2D eigenvalue weighted by Crippen LogP contribution is 2.21. The molecule has 3 N–H and O–H groups in total. The number of aryl methyl sites for hydroxylation is 2. The van der Waals surface area contributed by atoms with Crippen LogP contribution in [-0.4, -0.2) is 9.78 Å². The molecule has 0 fully saturated rings. The van der Waals surface area contributed by atoms with Gasteiger partial charge in [-0.25, -0.2) is 0 Å². The van der Waals surface area contributed by atoms with Crippen molar-refractivity contribution < 1.29 is 0 Å². The molecule has 80 valence electrons. The maximum Gasteiger partial charge on any atom is 0.0652 e. The van der Waals surface area contributed by atoms with Gasteiger partial charge in [0.1, 0.15) is 0 Å². The zero-order valence-electron chi connectivity index (χ0n) is 9.41. The maximum absolute atomic E-state index is 5.55. The van der Waals surface area contributed by atoms with Crippen LogP contribution in [0.4, 0.5) is 0 Å². The number of hydrazine groups is 1. The largest absolute Gasteiger partial charge is 0.271 e. The fraction of sp³-hybridized carbons (Fsp3) is 0.700. The van der Waals surface area contributed by atoms with Crippen molar-refractivity contribution in [2.24, 2.45) is 11.8 Å². The average Bonchev–Trinajstić information content (AvgIpc) is 2.47. The van der Waals surface area contributed by atoms with Gasteiger partial charge in [-0.1, -0.05) is 13.8 Å². The quantitative estimate of drug-likeness (QED) is 0.565. The van der Waals surface area contributed by atoms with Crippen molar-refractivity contribution in [2.75, 3.05) is 0 Å². The molecule has 1 aromatic rings. The molecule has 1 rings (SSSR count). The van der Waals surface area contributed by atoms with Crippen molar-refractivity contribution >= 4 is 0 Å². The van der Waals surface area contributed by atoms with Gasteiger partial charge in [0.25, 0.3) is 0 Å². The van der Waals surface area contributed by atoms with Crippen molar-refractivity contribution in [3.05, 3.63) is 17.5 Å². The summed E-state index contributed by atoms with van der Waals surface area (Å²) in [6.45, 7) is 9.27. The van der Waals surface area contributed by atoms with Crippen molar-refractivity contribution in [1.82, 2.24) is 15.2 Å². The molecule has 1 aromatic heterocycles. The number of aromatic nitrogens is 2. The molecule has 1 unspecified atom stereocenters. The second-order valence-corrected chi connectivity index (χ2v) is 3.91. The van der Waals surface area contributed by atoms with Gasteiger partial charge in [-0.05, 0) is 25.8 Å². The Bertz CT molecular complexity index is 290. The molecule has 4 nitrogen and oxygen atoms in total. The molecule has 0 amide bonds. The van der Waals surface area contributed by atoms with Gasteiger partial charge in [0.2, 0.25) is 0 Å². The molecule has 0 spiro atoms. The predicted molar refractivity (Wildman–Crippen MR) is 57.5 cm³/mol. The Hall–Kier alpha value is -0.870. The van der Waals surface area contributed by atoms with Crippen LogP contribution >= 0.6 is 0 Å². The Labute approximate surface area is 85.5 Å². The van der Waals surface area contributed by atoms with Gasteiger partial charge >= 0.3 is 0 Å². The van der Waals surface area contributed by atoms with E-state index in [1.165, 1.54) is 5.69 Å². The molecule has 0 radical (unpaired) electrons. The van der Waals surface area contributed by atoms with E-state index < -0.39 is 0 Å². The second-order valence-electron chi connectivity index (χ2n) is 3.91. The van der Waals surface area contributed by atoms with Crippen LogP contribution in [0.1, 0.15) is 38.2 Å². The van der Waals surface area contributed by atoms with Crippen LogP contribution in [0.2, 0.25) is 0 Å². The van der Waals surface area contributed by atoms with Gasteiger partial charge in [-0.2, -0.15) is 5.10 Å². The third-order valence-electron chi connectivity index (χ3n) is 2.40. The molecule has 1 atom stereocenters. The van der Waals surface area contributed by atoms with E-state index in [1.807, 2.05) is 11.6 Å². The first kappa shape index (κ1) is 11.2. The highest BCUT2D eigenvalue weighted by Gasteiger charge is 2.18. The Morgan fingerprint density at radius 1 is 1.57 bits per heavy atom. The van der Waals surface area contributed by atoms with Crippen LogP contribution in [0.3, 0.4) is 0 Å². The summed E-state index contributed by atoms with van der Waals surface area (Å²) in [5.74, 6) is 6.01. The summed E-state index contributed by atoms with van der Waals surface area (Å²) in [6, 6.07) is 2.27. The molecule has 0 aliphatic rings. The van der Waals surface area contributed by atoms with Gasteiger partial charge in [-0.3, -0.25) is 16.0 Å². The van der Waals surface area contributed by atoms with Gasteiger partial charge < -0.3 is 0 Å². The Morgan fingerprint density at radius 3 is 2.64 bits per heavy atom. The number of nitrogens with two attached hydrogens (primary N) is 1. The molecule has 14 heavy (non-hydrogen) atoms. The third-order valence-corrected chi connectivity index (χ3v) is 2.40. The molecular formula is C10H20N4. The lowest BCUT2D eigenvalue weighted by Crippen LogP contribution is -2.33. The first-order valence-electron chi connectivity index (χ1n) is 5.10. The fourth-order valence-corrected chi connectivity index (χ4v) is 1.69. The third kappa shape index (κ3) is 2.13. The lowest BCUT2D eigenvalue weighted by atomic mass is 10.0. The van der Waals surface area contributed by atoms with E-state index in [0.29, 0.717) is 5.92 Å².